The molecule has 1 heterocycles. The highest BCUT2D eigenvalue weighted by Crippen LogP contribution is 2.05. The van der Waals surface area contributed by atoms with Crippen molar-refractivity contribution in [2.45, 2.75) is 0 Å². The van der Waals surface area contributed by atoms with Crippen LogP contribution in [-0.4, -0.2) is 16.4 Å². The van der Waals surface area contributed by atoms with Crippen LogP contribution in [0.25, 0.3) is 0 Å². The predicted octanol–water partition coefficient (Wildman–Crippen LogP) is 1.65. The van der Waals surface area contributed by atoms with Gasteiger partial charge in [0.1, 0.15) is 4.60 Å². The van der Waals surface area contributed by atoms with Crippen LogP contribution in [0.4, 0.5) is 0 Å². The molecule has 0 saturated heterocycles. The normalized spacial score (nSPS) is 10.5. The smallest absolute Gasteiger partial charge is 0.106 e. The predicted molar refractivity (Wildman–Crippen MR) is 41.3 cm³/mol. The number of halogens is 1. The Balaban J connectivity index is 2.95. The topological polar surface area (TPSA) is 45.5 Å². The van der Waals surface area contributed by atoms with Gasteiger partial charge in [-0.25, -0.2) is 4.98 Å². The number of rotatable bonds is 1. The van der Waals surface area contributed by atoms with Gasteiger partial charge in [-0.1, -0.05) is 5.16 Å². The molecule has 0 fully saturated rings. The molecule has 0 aliphatic rings. The maximum Gasteiger partial charge on any atom is 0.106 e. The molecule has 0 amide bonds. The lowest BCUT2D eigenvalue weighted by atomic mass is 10.3. The Labute approximate surface area is 66.5 Å². The van der Waals surface area contributed by atoms with Crippen LogP contribution in [-0.2, 0) is 0 Å². The summed E-state index contributed by atoms with van der Waals surface area (Å²) in [5, 5.41) is 11.0. The molecule has 10 heavy (non-hydrogen) atoms. The molecule has 0 bridgehead atoms. The standard InChI is InChI=1S/C6H5BrN2O/c7-6-3-5(4-9-10)1-2-8-6/h1-4,10H. The first-order chi connectivity index (χ1) is 4.83. The minimum absolute atomic E-state index is 0.727. The molecule has 3 nitrogen and oxygen atoms in total. The summed E-state index contributed by atoms with van der Waals surface area (Å²) in [6, 6.07) is 3.49. The summed E-state index contributed by atoms with van der Waals surface area (Å²) in [5.74, 6) is 0. The van der Waals surface area contributed by atoms with Gasteiger partial charge in [0, 0.05) is 11.8 Å². The summed E-state index contributed by atoms with van der Waals surface area (Å²) in [7, 11) is 0. The van der Waals surface area contributed by atoms with Crippen molar-refractivity contribution in [3.05, 3.63) is 28.5 Å². The Bertz CT molecular complexity index is 249. The van der Waals surface area contributed by atoms with Crippen molar-refractivity contribution in [2.24, 2.45) is 5.16 Å². The van der Waals surface area contributed by atoms with Gasteiger partial charge in [-0.15, -0.1) is 0 Å². The summed E-state index contributed by atoms with van der Waals surface area (Å²) < 4.78 is 0.727. The lowest BCUT2D eigenvalue weighted by Crippen LogP contribution is -1.81. The fourth-order valence-electron chi connectivity index (χ4n) is 0.564. The third kappa shape index (κ3) is 1.80. The molecule has 0 radical (unpaired) electrons. The number of aromatic nitrogens is 1. The number of pyridine rings is 1. The van der Waals surface area contributed by atoms with E-state index in [4.69, 9.17) is 5.21 Å². The van der Waals surface area contributed by atoms with E-state index in [0.29, 0.717) is 0 Å². The van der Waals surface area contributed by atoms with E-state index < -0.39 is 0 Å². The number of hydrogen-bond acceptors (Lipinski definition) is 3. The zero-order valence-corrected chi connectivity index (χ0v) is 6.62. The minimum atomic E-state index is 0.727. The maximum absolute atomic E-state index is 8.14. The van der Waals surface area contributed by atoms with Gasteiger partial charge in [0.25, 0.3) is 0 Å². The van der Waals surface area contributed by atoms with Crippen molar-refractivity contribution in [3.8, 4) is 0 Å². The molecule has 0 aliphatic carbocycles. The van der Waals surface area contributed by atoms with E-state index in [1.54, 1.807) is 18.3 Å². The van der Waals surface area contributed by atoms with Gasteiger partial charge in [0.05, 0.1) is 6.21 Å². The van der Waals surface area contributed by atoms with Crippen LogP contribution >= 0.6 is 15.9 Å². The summed E-state index contributed by atoms with van der Waals surface area (Å²) in [5.41, 5.74) is 0.810. The fourth-order valence-corrected chi connectivity index (χ4v) is 0.947. The van der Waals surface area contributed by atoms with Crippen molar-refractivity contribution >= 4 is 22.1 Å². The number of hydrogen-bond donors (Lipinski definition) is 1. The van der Waals surface area contributed by atoms with Gasteiger partial charge in [-0.3, -0.25) is 0 Å². The summed E-state index contributed by atoms with van der Waals surface area (Å²) in [6.07, 6.45) is 2.97. The summed E-state index contributed by atoms with van der Waals surface area (Å²) in [4.78, 5) is 3.90. The third-order valence-electron chi connectivity index (χ3n) is 0.957. The van der Waals surface area contributed by atoms with Crippen LogP contribution in [0.5, 0.6) is 0 Å². The average molecular weight is 201 g/mol. The maximum atomic E-state index is 8.14. The highest BCUT2D eigenvalue weighted by atomic mass is 79.9. The van der Waals surface area contributed by atoms with Crippen molar-refractivity contribution < 1.29 is 5.21 Å². The summed E-state index contributed by atoms with van der Waals surface area (Å²) in [6.45, 7) is 0. The highest BCUT2D eigenvalue weighted by Gasteiger charge is 1.88. The zero-order valence-electron chi connectivity index (χ0n) is 5.03. The second kappa shape index (κ2) is 3.31. The van der Waals surface area contributed by atoms with E-state index in [2.05, 4.69) is 26.1 Å². The molecule has 0 unspecified atom stereocenters. The molecule has 0 saturated carbocycles. The van der Waals surface area contributed by atoms with E-state index in [1.165, 1.54) is 6.21 Å². The average Bonchev–Trinajstić information content (AvgIpc) is 1.88. The van der Waals surface area contributed by atoms with Crippen molar-refractivity contribution in [3.63, 3.8) is 0 Å². The zero-order chi connectivity index (χ0) is 7.40. The Hall–Kier alpha value is -0.900. The molecule has 1 aromatic heterocycles. The monoisotopic (exact) mass is 200 g/mol. The molecule has 1 rings (SSSR count). The third-order valence-corrected chi connectivity index (χ3v) is 1.39. The van der Waals surface area contributed by atoms with Gasteiger partial charge in [0.2, 0.25) is 0 Å². The lowest BCUT2D eigenvalue weighted by Gasteiger charge is -1.89. The molecule has 1 N–H and O–H groups in total. The van der Waals surface area contributed by atoms with Gasteiger partial charge in [0.15, 0.2) is 0 Å². The van der Waals surface area contributed by atoms with E-state index >= 15 is 0 Å². The van der Waals surface area contributed by atoms with Crippen LogP contribution in [0.2, 0.25) is 0 Å². The van der Waals surface area contributed by atoms with E-state index in [-0.39, 0.29) is 0 Å². The van der Waals surface area contributed by atoms with Crippen molar-refractivity contribution in [1.82, 2.24) is 4.98 Å². The molecule has 0 aliphatic heterocycles. The Morgan fingerprint density at radius 3 is 3.10 bits per heavy atom. The molecule has 52 valence electrons. The van der Waals surface area contributed by atoms with Crippen LogP contribution in [0, 0.1) is 0 Å². The van der Waals surface area contributed by atoms with E-state index in [9.17, 15) is 0 Å². The lowest BCUT2D eigenvalue weighted by molar-refractivity contribution is 0.322. The van der Waals surface area contributed by atoms with E-state index in [0.717, 1.165) is 10.2 Å². The van der Waals surface area contributed by atoms with Crippen LogP contribution in [0.3, 0.4) is 0 Å². The SMILES string of the molecule is ON=Cc1ccnc(Br)c1. The second-order valence-electron chi connectivity index (χ2n) is 1.66. The number of nitrogens with zero attached hydrogens (tertiary/aromatic N) is 2. The Morgan fingerprint density at radius 2 is 2.50 bits per heavy atom. The quantitative estimate of drug-likeness (QED) is 0.325. The first kappa shape index (κ1) is 7.21. The first-order valence-electron chi connectivity index (χ1n) is 2.62. The second-order valence-corrected chi connectivity index (χ2v) is 2.47. The Morgan fingerprint density at radius 1 is 1.70 bits per heavy atom. The molecule has 0 aromatic carbocycles. The molecular weight excluding hydrogens is 196 g/mol. The molecule has 4 heteroatoms. The number of oxime groups is 1. The van der Waals surface area contributed by atoms with Gasteiger partial charge in [-0.2, -0.15) is 0 Å². The van der Waals surface area contributed by atoms with Crippen molar-refractivity contribution in [2.75, 3.05) is 0 Å². The van der Waals surface area contributed by atoms with Crippen LogP contribution < -0.4 is 0 Å². The van der Waals surface area contributed by atoms with Crippen LogP contribution in [0.1, 0.15) is 5.56 Å². The molecular formula is C6H5BrN2O. The van der Waals surface area contributed by atoms with Gasteiger partial charge < -0.3 is 5.21 Å². The van der Waals surface area contributed by atoms with E-state index in [1.807, 2.05) is 0 Å². The Kier molecular flexibility index (Phi) is 2.39. The largest absolute Gasteiger partial charge is 0.411 e. The molecule has 1 aromatic rings. The minimum Gasteiger partial charge on any atom is -0.411 e. The summed E-state index contributed by atoms with van der Waals surface area (Å²) >= 11 is 3.18. The molecule has 0 spiro atoms. The van der Waals surface area contributed by atoms with Crippen molar-refractivity contribution in [1.29, 1.82) is 0 Å². The van der Waals surface area contributed by atoms with Gasteiger partial charge in [-0.05, 0) is 28.1 Å². The highest BCUT2D eigenvalue weighted by molar-refractivity contribution is 9.10. The first-order valence-corrected chi connectivity index (χ1v) is 3.41. The fraction of sp³-hybridized carbons (Fsp3) is 0. The van der Waals surface area contributed by atoms with Crippen LogP contribution in [0.15, 0.2) is 28.1 Å². The molecule has 0 atom stereocenters. The van der Waals surface area contributed by atoms with Gasteiger partial charge >= 0.3 is 0 Å².